The number of aryl methyl sites for hydroxylation is 1. The molecule has 2 N–H and O–H groups in total. The van der Waals surface area contributed by atoms with Crippen LogP contribution in [0.15, 0.2) is 23.1 Å². The number of benzene rings is 1. The molecule has 1 atom stereocenters. The maximum atomic E-state index is 12.0. The van der Waals surface area contributed by atoms with E-state index in [0.29, 0.717) is 17.7 Å². The number of carbonyl (C=O) groups excluding carboxylic acids is 1. The summed E-state index contributed by atoms with van der Waals surface area (Å²) in [7, 11) is 1.76. The van der Waals surface area contributed by atoms with Gasteiger partial charge >= 0.3 is 0 Å². The van der Waals surface area contributed by atoms with Gasteiger partial charge in [0, 0.05) is 23.1 Å². The number of hydrogen-bond acceptors (Lipinski definition) is 5. The number of hydrogen-bond donors (Lipinski definition) is 2. The Hall–Kier alpha value is -0.700. The number of anilines is 1. The van der Waals surface area contributed by atoms with Gasteiger partial charge in [-0.05, 0) is 50.9 Å². The first-order valence-electron chi connectivity index (χ1n) is 8.04. The fourth-order valence-electron chi connectivity index (χ4n) is 2.52. The Morgan fingerprint density at radius 3 is 2.79 bits per heavy atom. The lowest BCUT2D eigenvalue weighted by Gasteiger charge is -2.11. The molecule has 1 amide bonds. The van der Waals surface area contributed by atoms with Gasteiger partial charge in [-0.3, -0.25) is 4.79 Å². The first-order chi connectivity index (χ1) is 11.4. The van der Waals surface area contributed by atoms with E-state index in [1.54, 1.807) is 19.1 Å². The number of amides is 1. The van der Waals surface area contributed by atoms with Crippen LogP contribution in [0.2, 0.25) is 0 Å². The van der Waals surface area contributed by atoms with Crippen molar-refractivity contribution >= 4 is 43.2 Å². The SMILES string of the molecule is CNS(=O)(=O)c1cc(NC(=O)CCCCC2CCSS2)ccc1C. The summed E-state index contributed by atoms with van der Waals surface area (Å²) in [5.41, 5.74) is 1.16. The van der Waals surface area contributed by atoms with Crippen LogP contribution in [0.1, 0.15) is 37.7 Å². The molecule has 0 spiro atoms. The molecule has 1 unspecified atom stereocenters. The Bertz CT molecular complexity index is 671. The first-order valence-corrected chi connectivity index (χ1v) is 11.9. The van der Waals surface area contributed by atoms with Gasteiger partial charge in [-0.25, -0.2) is 13.1 Å². The first kappa shape index (κ1) is 19.6. The summed E-state index contributed by atoms with van der Waals surface area (Å²) in [6.07, 6.45) is 4.82. The van der Waals surface area contributed by atoms with Crippen molar-refractivity contribution in [2.45, 2.75) is 49.2 Å². The number of carbonyl (C=O) groups is 1. The van der Waals surface area contributed by atoms with E-state index < -0.39 is 10.0 Å². The van der Waals surface area contributed by atoms with E-state index in [-0.39, 0.29) is 10.8 Å². The molecule has 2 rings (SSSR count). The minimum Gasteiger partial charge on any atom is -0.326 e. The van der Waals surface area contributed by atoms with Crippen LogP contribution in [-0.4, -0.2) is 32.4 Å². The highest BCUT2D eigenvalue weighted by Gasteiger charge is 2.17. The fourth-order valence-corrected chi connectivity index (χ4v) is 6.54. The van der Waals surface area contributed by atoms with Crippen LogP contribution in [-0.2, 0) is 14.8 Å². The minimum atomic E-state index is -3.52. The van der Waals surface area contributed by atoms with Gasteiger partial charge in [-0.1, -0.05) is 34.1 Å². The van der Waals surface area contributed by atoms with E-state index in [2.05, 4.69) is 10.0 Å². The van der Waals surface area contributed by atoms with Crippen molar-refractivity contribution in [3.8, 4) is 0 Å². The van der Waals surface area contributed by atoms with Gasteiger partial charge in [-0.2, -0.15) is 0 Å². The van der Waals surface area contributed by atoms with E-state index in [9.17, 15) is 13.2 Å². The van der Waals surface area contributed by atoms with Gasteiger partial charge in [0.25, 0.3) is 0 Å². The molecule has 0 saturated carbocycles. The smallest absolute Gasteiger partial charge is 0.240 e. The lowest BCUT2D eigenvalue weighted by atomic mass is 10.1. The van der Waals surface area contributed by atoms with E-state index in [0.717, 1.165) is 18.1 Å². The van der Waals surface area contributed by atoms with E-state index in [4.69, 9.17) is 0 Å². The maximum absolute atomic E-state index is 12.0. The zero-order valence-corrected chi connectivity index (χ0v) is 16.5. The molecule has 8 heteroatoms. The van der Waals surface area contributed by atoms with Crippen molar-refractivity contribution in [2.24, 2.45) is 0 Å². The quantitative estimate of drug-likeness (QED) is 0.526. The summed E-state index contributed by atoms with van der Waals surface area (Å²) >= 11 is 0. The van der Waals surface area contributed by atoms with Gasteiger partial charge in [-0.15, -0.1) is 0 Å². The molecule has 1 heterocycles. The third-order valence-corrected chi connectivity index (χ3v) is 8.50. The monoisotopic (exact) mass is 388 g/mol. The second-order valence-corrected chi connectivity index (χ2v) is 10.5. The van der Waals surface area contributed by atoms with E-state index >= 15 is 0 Å². The molecular formula is C16H24N2O3S3. The van der Waals surface area contributed by atoms with Crippen LogP contribution < -0.4 is 10.0 Å². The van der Waals surface area contributed by atoms with Crippen LogP contribution >= 0.6 is 21.6 Å². The minimum absolute atomic E-state index is 0.0693. The van der Waals surface area contributed by atoms with Crippen LogP contribution in [0.4, 0.5) is 5.69 Å². The molecule has 0 aliphatic carbocycles. The summed E-state index contributed by atoms with van der Waals surface area (Å²) in [6, 6.07) is 4.94. The highest BCUT2D eigenvalue weighted by atomic mass is 33.1. The summed E-state index contributed by atoms with van der Waals surface area (Å²) in [4.78, 5) is 12.2. The standard InChI is InChI=1S/C16H24N2O3S3/c1-12-7-8-13(11-15(12)24(20,21)17-2)18-16(19)6-4-3-5-14-9-10-22-23-14/h7-8,11,14,17H,3-6,9-10H2,1-2H3,(H,18,19). The van der Waals surface area contributed by atoms with Crippen LogP contribution in [0, 0.1) is 6.92 Å². The normalized spacial score (nSPS) is 17.8. The number of nitrogens with one attached hydrogen (secondary N) is 2. The zero-order valence-electron chi connectivity index (χ0n) is 14.0. The molecule has 0 aromatic heterocycles. The molecule has 1 aromatic rings. The van der Waals surface area contributed by atoms with Crippen molar-refractivity contribution in [2.75, 3.05) is 18.1 Å². The highest BCUT2D eigenvalue weighted by Crippen LogP contribution is 2.39. The Labute approximate surface area is 152 Å². The predicted octanol–water partition coefficient (Wildman–Crippen LogP) is 3.56. The Balaban J connectivity index is 1.84. The van der Waals surface area contributed by atoms with Gasteiger partial charge in [0.2, 0.25) is 15.9 Å². The van der Waals surface area contributed by atoms with Crippen molar-refractivity contribution in [1.82, 2.24) is 4.72 Å². The molecule has 5 nitrogen and oxygen atoms in total. The van der Waals surface area contributed by atoms with Crippen molar-refractivity contribution in [3.05, 3.63) is 23.8 Å². The average molecular weight is 389 g/mol. The predicted molar refractivity (Wildman–Crippen MR) is 103 cm³/mol. The van der Waals surface area contributed by atoms with Crippen LogP contribution in [0.25, 0.3) is 0 Å². The van der Waals surface area contributed by atoms with Gasteiger partial charge in [0.15, 0.2) is 0 Å². The number of sulfonamides is 1. The molecule has 0 radical (unpaired) electrons. The fraction of sp³-hybridized carbons (Fsp3) is 0.562. The zero-order chi connectivity index (χ0) is 17.6. The molecule has 1 aliphatic rings. The lowest BCUT2D eigenvalue weighted by molar-refractivity contribution is -0.116. The summed E-state index contributed by atoms with van der Waals surface area (Å²) in [5, 5.41) is 3.53. The van der Waals surface area contributed by atoms with Crippen molar-refractivity contribution in [1.29, 1.82) is 0 Å². The van der Waals surface area contributed by atoms with Gasteiger partial charge in [0.05, 0.1) is 4.90 Å². The van der Waals surface area contributed by atoms with Crippen molar-refractivity contribution in [3.63, 3.8) is 0 Å². The second kappa shape index (κ2) is 9.12. The van der Waals surface area contributed by atoms with Gasteiger partial charge in [0.1, 0.15) is 0 Å². The highest BCUT2D eigenvalue weighted by molar-refractivity contribution is 8.77. The molecule has 1 saturated heterocycles. The lowest BCUT2D eigenvalue weighted by Crippen LogP contribution is -2.20. The maximum Gasteiger partial charge on any atom is 0.240 e. The van der Waals surface area contributed by atoms with Crippen LogP contribution in [0.5, 0.6) is 0 Å². The Morgan fingerprint density at radius 1 is 1.33 bits per heavy atom. The number of unbranched alkanes of at least 4 members (excludes halogenated alkanes) is 1. The summed E-state index contributed by atoms with van der Waals surface area (Å²) < 4.78 is 26.2. The Morgan fingerprint density at radius 2 is 2.12 bits per heavy atom. The molecule has 0 bridgehead atoms. The molecule has 24 heavy (non-hydrogen) atoms. The molecule has 1 fully saturated rings. The Kier molecular flexibility index (Phi) is 7.46. The second-order valence-electron chi connectivity index (χ2n) is 5.81. The molecule has 1 aromatic carbocycles. The van der Waals surface area contributed by atoms with E-state index in [1.165, 1.54) is 31.7 Å². The number of rotatable bonds is 8. The molecule has 134 valence electrons. The molecular weight excluding hydrogens is 364 g/mol. The average Bonchev–Trinajstić information content (AvgIpc) is 3.06. The summed E-state index contributed by atoms with van der Waals surface area (Å²) in [6.45, 7) is 1.73. The van der Waals surface area contributed by atoms with Gasteiger partial charge < -0.3 is 5.32 Å². The van der Waals surface area contributed by atoms with Crippen LogP contribution in [0.3, 0.4) is 0 Å². The third kappa shape index (κ3) is 5.68. The topological polar surface area (TPSA) is 75.3 Å². The molecule has 1 aliphatic heterocycles. The third-order valence-electron chi connectivity index (χ3n) is 3.94. The largest absolute Gasteiger partial charge is 0.326 e. The summed E-state index contributed by atoms with van der Waals surface area (Å²) in [5.74, 6) is 1.17. The van der Waals surface area contributed by atoms with Crippen molar-refractivity contribution < 1.29 is 13.2 Å². The van der Waals surface area contributed by atoms with E-state index in [1.807, 2.05) is 21.6 Å².